The van der Waals surface area contributed by atoms with Crippen LogP contribution in [0.5, 0.6) is 0 Å². The van der Waals surface area contributed by atoms with Crippen molar-refractivity contribution in [3.8, 4) is 0 Å². The molecule has 3 aliphatic rings. The smallest absolute Gasteiger partial charge is 0.338 e. The van der Waals surface area contributed by atoms with Crippen molar-refractivity contribution in [2.75, 3.05) is 26.9 Å². The lowest BCUT2D eigenvalue weighted by Crippen LogP contribution is -2.64. The Labute approximate surface area is 325 Å². The van der Waals surface area contributed by atoms with E-state index in [0.717, 1.165) is 32.1 Å². The van der Waals surface area contributed by atoms with E-state index in [1.165, 1.54) is 7.11 Å². The fraction of sp³-hybridized carbons (Fsp3) is 0.615. The van der Waals surface area contributed by atoms with Crippen LogP contribution in [0.15, 0.2) is 65.8 Å². The van der Waals surface area contributed by atoms with Crippen LogP contribution in [0.4, 0.5) is 0 Å². The molecule has 306 valence electrons. The minimum atomic E-state index is -1.60. The fourth-order valence-electron chi connectivity index (χ4n) is 6.79. The number of esters is 3. The van der Waals surface area contributed by atoms with Crippen LogP contribution in [0, 0.1) is 0 Å². The minimum Gasteiger partial charge on any atom is -0.469 e. The molecule has 3 saturated heterocycles. The molecule has 0 aliphatic carbocycles. The molecule has 17 heteroatoms. The Bertz CT molecular complexity index is 1610. The Morgan fingerprint density at radius 3 is 1.93 bits per heavy atom. The van der Waals surface area contributed by atoms with E-state index in [2.05, 4.69) is 14.8 Å². The third-order valence-electron chi connectivity index (χ3n) is 9.63. The monoisotopic (exact) mass is 785 g/mol. The average Bonchev–Trinajstić information content (AvgIpc) is 3.54. The Kier molecular flexibility index (Phi) is 16.0. The summed E-state index contributed by atoms with van der Waals surface area (Å²) in [6, 6.07) is 15.3. The van der Waals surface area contributed by atoms with Gasteiger partial charge in [-0.05, 0) is 56.5 Å². The van der Waals surface area contributed by atoms with Gasteiger partial charge in [-0.2, -0.15) is 0 Å². The number of methoxy groups -OCH3 is 1. The molecule has 2 aromatic carbocycles. The highest BCUT2D eigenvalue weighted by atomic mass is 16.8. The molecular weight excluding hydrogens is 734 g/mol. The van der Waals surface area contributed by atoms with Gasteiger partial charge in [0.05, 0.1) is 24.3 Å². The van der Waals surface area contributed by atoms with E-state index in [1.54, 1.807) is 74.5 Å². The first-order valence-corrected chi connectivity index (χ1v) is 18.9. The highest BCUT2D eigenvalue weighted by Crippen LogP contribution is 2.39. The molecule has 0 unspecified atom stereocenters. The van der Waals surface area contributed by atoms with Gasteiger partial charge in [0, 0.05) is 17.9 Å². The van der Waals surface area contributed by atoms with E-state index in [9.17, 15) is 30.1 Å². The Hall–Kier alpha value is -4.16. The average molecular weight is 786 g/mol. The second-order valence-corrected chi connectivity index (χ2v) is 14.2. The Morgan fingerprint density at radius 2 is 1.32 bits per heavy atom. The molecule has 56 heavy (non-hydrogen) atoms. The van der Waals surface area contributed by atoms with Crippen LogP contribution in [-0.4, -0.2) is 122 Å². The standard InChI is InChI=1S/C39H51N3O14/c1-39(2)55-33-27(23-51-36(47)25-18-12-9-13-19-25)53-38(31(45)34(33)56-39)54-32-26(22-50-35(46)24-16-10-8-11-17-24)52-37(29(30(32)44)41-42-40)49-21-15-7-5-4-6-14-20-28(43)48-3/h8-13,16-19,26-27,29-34,37-38,44-45H,4-7,14-15,20-23H2,1-3H3/t26-,27-,29-,30-,31-,32-,33+,34-,37-,38+/m1/s1. The molecule has 17 nitrogen and oxygen atoms in total. The third-order valence-corrected chi connectivity index (χ3v) is 9.63. The number of hydrogen-bond acceptors (Lipinski definition) is 15. The number of aliphatic hydroxyl groups excluding tert-OH is 2. The van der Waals surface area contributed by atoms with Crippen molar-refractivity contribution >= 4 is 17.9 Å². The number of hydrogen-bond donors (Lipinski definition) is 2. The predicted molar refractivity (Wildman–Crippen MR) is 195 cm³/mol. The van der Waals surface area contributed by atoms with Gasteiger partial charge in [-0.3, -0.25) is 4.79 Å². The molecule has 10 atom stereocenters. The number of aliphatic hydroxyl groups is 2. The molecule has 5 rings (SSSR count). The molecule has 3 fully saturated rings. The van der Waals surface area contributed by atoms with Crippen molar-refractivity contribution < 1.29 is 67.2 Å². The number of ether oxygens (including phenoxy) is 9. The second-order valence-electron chi connectivity index (χ2n) is 14.2. The van der Waals surface area contributed by atoms with Gasteiger partial charge in [-0.1, -0.05) is 67.2 Å². The maximum atomic E-state index is 13.0. The summed E-state index contributed by atoms with van der Waals surface area (Å²) in [5.41, 5.74) is 10.1. The van der Waals surface area contributed by atoms with Crippen molar-refractivity contribution in [3.63, 3.8) is 0 Å². The summed E-state index contributed by atoms with van der Waals surface area (Å²) in [6.45, 7) is 2.80. The summed E-state index contributed by atoms with van der Waals surface area (Å²) in [5.74, 6) is -2.64. The quantitative estimate of drug-likeness (QED) is 0.0504. The van der Waals surface area contributed by atoms with Gasteiger partial charge in [0.2, 0.25) is 0 Å². The van der Waals surface area contributed by atoms with Crippen molar-refractivity contribution in [1.82, 2.24) is 0 Å². The van der Waals surface area contributed by atoms with Crippen molar-refractivity contribution in [2.45, 2.75) is 126 Å². The maximum absolute atomic E-state index is 13.0. The molecule has 3 aliphatic heterocycles. The summed E-state index contributed by atoms with van der Waals surface area (Å²) in [6.07, 6.45) is -6.03. The Balaban J connectivity index is 1.28. The Morgan fingerprint density at radius 1 is 0.768 bits per heavy atom. The largest absolute Gasteiger partial charge is 0.469 e. The van der Waals surface area contributed by atoms with Crippen LogP contribution >= 0.6 is 0 Å². The lowest BCUT2D eigenvalue weighted by Gasteiger charge is -2.46. The predicted octanol–water partition coefficient (Wildman–Crippen LogP) is 4.38. The zero-order valence-corrected chi connectivity index (χ0v) is 31.8. The topological polar surface area (TPSA) is 224 Å². The number of carbonyl (C=O) groups is 3. The SMILES string of the molecule is COC(=O)CCCCCCCCO[C@@H]1O[C@H](COC(=O)c2ccccc2)[C@@H](O[C@@H]2O[C@H](COC(=O)c3ccccc3)[C@@H]3OC(C)(C)O[C@@H]3[C@H]2O)[C@H](O)[C@H]1N=[N+]=[N-]. The molecular formula is C39H51N3O14. The van der Waals surface area contributed by atoms with Crippen LogP contribution in [0.2, 0.25) is 0 Å². The number of fused-ring (bicyclic) bond motifs is 1. The molecule has 0 bridgehead atoms. The molecule has 0 radical (unpaired) electrons. The molecule has 2 N–H and O–H groups in total. The highest BCUT2D eigenvalue weighted by molar-refractivity contribution is 5.89. The number of nitrogens with zero attached hydrogens (tertiary/aromatic N) is 3. The summed E-state index contributed by atoms with van der Waals surface area (Å²) in [7, 11) is 1.37. The summed E-state index contributed by atoms with van der Waals surface area (Å²) in [4.78, 5) is 40.0. The molecule has 0 amide bonds. The van der Waals surface area contributed by atoms with Crippen LogP contribution in [0.25, 0.3) is 10.4 Å². The second kappa shape index (κ2) is 20.8. The van der Waals surface area contributed by atoms with Gasteiger partial charge in [0.1, 0.15) is 55.9 Å². The maximum Gasteiger partial charge on any atom is 0.338 e. The van der Waals surface area contributed by atoms with Crippen LogP contribution < -0.4 is 0 Å². The highest BCUT2D eigenvalue weighted by Gasteiger charge is 2.57. The number of azide groups is 1. The lowest BCUT2D eigenvalue weighted by atomic mass is 9.96. The van der Waals surface area contributed by atoms with E-state index >= 15 is 0 Å². The molecule has 0 spiro atoms. The van der Waals surface area contributed by atoms with Crippen LogP contribution in [0.1, 0.15) is 79.5 Å². The zero-order chi connectivity index (χ0) is 40.1. The number of unbranched alkanes of at least 4 members (excludes halogenated alkanes) is 5. The van der Waals surface area contributed by atoms with Crippen LogP contribution in [0.3, 0.4) is 0 Å². The first-order valence-electron chi connectivity index (χ1n) is 18.9. The van der Waals surface area contributed by atoms with Gasteiger partial charge in [-0.25, -0.2) is 9.59 Å². The first kappa shape index (κ1) is 43.0. The van der Waals surface area contributed by atoms with E-state index < -0.39 is 85.7 Å². The third kappa shape index (κ3) is 11.7. The van der Waals surface area contributed by atoms with Gasteiger partial charge < -0.3 is 52.8 Å². The summed E-state index contributed by atoms with van der Waals surface area (Å²) >= 11 is 0. The van der Waals surface area contributed by atoms with Gasteiger partial charge >= 0.3 is 17.9 Å². The van der Waals surface area contributed by atoms with Crippen LogP contribution in [-0.2, 0) is 47.4 Å². The fourth-order valence-corrected chi connectivity index (χ4v) is 6.79. The van der Waals surface area contributed by atoms with Gasteiger partial charge in [0.25, 0.3) is 0 Å². The van der Waals surface area contributed by atoms with Gasteiger partial charge in [0.15, 0.2) is 18.4 Å². The normalized spacial score (nSPS) is 29.4. The molecule has 0 aromatic heterocycles. The molecule has 3 heterocycles. The van der Waals surface area contributed by atoms with E-state index in [4.69, 9.17) is 37.9 Å². The number of benzene rings is 2. The van der Waals surface area contributed by atoms with Crippen molar-refractivity contribution in [1.29, 1.82) is 0 Å². The number of rotatable bonds is 19. The van der Waals surface area contributed by atoms with Crippen molar-refractivity contribution in [3.05, 3.63) is 82.2 Å². The molecule has 2 aromatic rings. The molecule has 0 saturated carbocycles. The number of carbonyl (C=O) groups excluding carboxylic acids is 3. The summed E-state index contributed by atoms with van der Waals surface area (Å²) in [5, 5.41) is 27.0. The zero-order valence-electron chi connectivity index (χ0n) is 31.8. The lowest BCUT2D eigenvalue weighted by molar-refractivity contribution is -0.338. The van der Waals surface area contributed by atoms with Gasteiger partial charge in [-0.15, -0.1) is 0 Å². The minimum absolute atomic E-state index is 0.197. The van der Waals surface area contributed by atoms with E-state index in [0.29, 0.717) is 18.4 Å². The summed E-state index contributed by atoms with van der Waals surface area (Å²) < 4.78 is 52.5. The van der Waals surface area contributed by atoms with Crippen molar-refractivity contribution in [2.24, 2.45) is 5.11 Å². The van der Waals surface area contributed by atoms with E-state index in [-0.39, 0.29) is 24.7 Å². The van der Waals surface area contributed by atoms with E-state index in [1.807, 2.05) is 0 Å². The first-order chi connectivity index (χ1) is 27.0.